The number of carbonyl (C=O) groups excluding carboxylic acids is 1. The number of amides is 1. The van der Waals surface area contributed by atoms with Crippen molar-refractivity contribution in [1.29, 1.82) is 0 Å². The third-order valence-electron chi connectivity index (χ3n) is 4.48. The molecule has 2 N–H and O–H groups in total. The molecule has 3 aromatic carbocycles. The number of nitrogens with one attached hydrogen (secondary N) is 2. The zero-order valence-electron chi connectivity index (χ0n) is 16.3. The van der Waals surface area contributed by atoms with Gasteiger partial charge in [0.1, 0.15) is 5.01 Å². The summed E-state index contributed by atoms with van der Waals surface area (Å²) in [6.45, 7) is 2.06. The van der Waals surface area contributed by atoms with Gasteiger partial charge in [0.05, 0.1) is 15.1 Å². The van der Waals surface area contributed by atoms with Crippen LogP contribution in [0.4, 0.5) is 11.4 Å². The predicted molar refractivity (Wildman–Crippen MR) is 127 cm³/mol. The maximum Gasteiger partial charge on any atom is 0.270 e. The SMILES string of the molecule is Cc1ccc2nc(-c3ccc(NC(=S)NC(=O)c4cccc([N+](=O)[O-])c4)cc3)sc2c1. The number of aromatic nitrogens is 1. The van der Waals surface area contributed by atoms with Crippen LogP contribution < -0.4 is 10.6 Å². The van der Waals surface area contributed by atoms with Crippen LogP contribution in [0, 0.1) is 17.0 Å². The number of benzene rings is 3. The summed E-state index contributed by atoms with van der Waals surface area (Å²) in [7, 11) is 0. The maximum atomic E-state index is 12.3. The number of fused-ring (bicyclic) bond motifs is 1. The summed E-state index contributed by atoms with van der Waals surface area (Å²) in [5, 5.41) is 17.4. The second-order valence-electron chi connectivity index (χ2n) is 6.78. The van der Waals surface area contributed by atoms with Crippen LogP contribution in [-0.2, 0) is 0 Å². The highest BCUT2D eigenvalue weighted by atomic mass is 32.1. The lowest BCUT2D eigenvalue weighted by Gasteiger charge is -2.10. The molecule has 7 nitrogen and oxygen atoms in total. The number of aryl methyl sites for hydroxylation is 1. The van der Waals surface area contributed by atoms with E-state index < -0.39 is 10.8 Å². The fraction of sp³-hybridized carbons (Fsp3) is 0.0455. The Kier molecular flexibility index (Phi) is 5.70. The summed E-state index contributed by atoms with van der Waals surface area (Å²) in [4.78, 5) is 27.3. The van der Waals surface area contributed by atoms with Gasteiger partial charge in [-0.2, -0.15) is 0 Å². The van der Waals surface area contributed by atoms with E-state index in [1.807, 2.05) is 36.4 Å². The summed E-state index contributed by atoms with van der Waals surface area (Å²) in [6.07, 6.45) is 0. The number of thiocarbonyl (C=S) groups is 1. The molecule has 1 amide bonds. The molecule has 4 rings (SSSR count). The van der Waals surface area contributed by atoms with Crippen molar-refractivity contribution in [2.45, 2.75) is 6.92 Å². The predicted octanol–water partition coefficient (Wildman–Crippen LogP) is 5.31. The quantitative estimate of drug-likeness (QED) is 0.250. The average molecular weight is 449 g/mol. The number of carbonyl (C=O) groups is 1. The Morgan fingerprint density at radius 1 is 1.10 bits per heavy atom. The Morgan fingerprint density at radius 3 is 2.61 bits per heavy atom. The second kappa shape index (κ2) is 8.58. The molecule has 0 bridgehead atoms. The van der Waals surface area contributed by atoms with Crippen molar-refractivity contribution in [2.24, 2.45) is 0 Å². The number of anilines is 1. The number of rotatable bonds is 4. The zero-order chi connectivity index (χ0) is 22.0. The van der Waals surface area contributed by atoms with E-state index in [1.165, 1.54) is 29.8 Å². The Balaban J connectivity index is 1.42. The van der Waals surface area contributed by atoms with E-state index in [4.69, 9.17) is 12.2 Å². The van der Waals surface area contributed by atoms with Crippen molar-refractivity contribution in [2.75, 3.05) is 5.32 Å². The molecule has 1 aromatic heterocycles. The molecule has 31 heavy (non-hydrogen) atoms. The molecule has 0 saturated carbocycles. The summed E-state index contributed by atoms with van der Waals surface area (Å²) in [6, 6.07) is 19.2. The Labute approximate surface area is 186 Å². The highest BCUT2D eigenvalue weighted by Gasteiger charge is 2.13. The highest BCUT2D eigenvalue weighted by molar-refractivity contribution is 7.80. The van der Waals surface area contributed by atoms with Crippen molar-refractivity contribution in [3.63, 3.8) is 0 Å². The van der Waals surface area contributed by atoms with Crippen LogP contribution in [0.15, 0.2) is 66.7 Å². The molecule has 0 radical (unpaired) electrons. The number of nitro benzene ring substituents is 1. The van der Waals surface area contributed by atoms with E-state index in [9.17, 15) is 14.9 Å². The fourth-order valence-electron chi connectivity index (χ4n) is 2.95. The first-order chi connectivity index (χ1) is 14.9. The van der Waals surface area contributed by atoms with Crippen molar-refractivity contribution >= 4 is 56.2 Å². The minimum Gasteiger partial charge on any atom is -0.332 e. The van der Waals surface area contributed by atoms with Gasteiger partial charge in [-0.15, -0.1) is 11.3 Å². The first kappa shape index (κ1) is 20.6. The minimum absolute atomic E-state index is 0.0970. The average Bonchev–Trinajstić information content (AvgIpc) is 3.17. The third kappa shape index (κ3) is 4.73. The Bertz CT molecular complexity index is 1320. The summed E-state index contributed by atoms with van der Waals surface area (Å²) in [5.74, 6) is -0.525. The Hall–Kier alpha value is -3.69. The lowest BCUT2D eigenvalue weighted by Crippen LogP contribution is -2.34. The van der Waals surface area contributed by atoms with Gasteiger partial charge in [0.25, 0.3) is 11.6 Å². The molecular weight excluding hydrogens is 432 g/mol. The molecule has 4 aromatic rings. The van der Waals surface area contributed by atoms with Gasteiger partial charge in [-0.25, -0.2) is 4.98 Å². The van der Waals surface area contributed by atoms with Crippen LogP contribution in [0.1, 0.15) is 15.9 Å². The molecule has 1 heterocycles. The van der Waals surface area contributed by atoms with Crippen LogP contribution in [0.25, 0.3) is 20.8 Å². The van der Waals surface area contributed by atoms with Crippen LogP contribution in [0.3, 0.4) is 0 Å². The minimum atomic E-state index is -0.554. The van der Waals surface area contributed by atoms with E-state index >= 15 is 0 Å². The van der Waals surface area contributed by atoms with Gasteiger partial charge in [0, 0.05) is 28.9 Å². The standard InChI is InChI=1S/C22H16N4O3S2/c1-13-5-10-18-19(11-13)31-21(24-18)14-6-8-16(9-7-14)23-22(30)25-20(27)15-3-2-4-17(12-15)26(28)29/h2-12H,1H3,(H2,23,25,27,30). The van der Waals surface area contributed by atoms with Gasteiger partial charge < -0.3 is 5.32 Å². The first-order valence-corrected chi connectivity index (χ1v) is 10.5. The molecule has 0 aliphatic rings. The summed E-state index contributed by atoms with van der Waals surface area (Å²) in [5.41, 5.74) is 3.84. The summed E-state index contributed by atoms with van der Waals surface area (Å²) >= 11 is 6.82. The number of non-ortho nitro benzene ring substituents is 1. The molecule has 0 fully saturated rings. The molecule has 9 heteroatoms. The normalized spacial score (nSPS) is 10.6. The van der Waals surface area contributed by atoms with Crippen molar-refractivity contribution < 1.29 is 9.72 Å². The van der Waals surface area contributed by atoms with Gasteiger partial charge in [0.15, 0.2) is 5.11 Å². The number of hydrogen-bond donors (Lipinski definition) is 2. The third-order valence-corrected chi connectivity index (χ3v) is 5.75. The van der Waals surface area contributed by atoms with Crippen LogP contribution in [0.2, 0.25) is 0 Å². The largest absolute Gasteiger partial charge is 0.332 e. The Morgan fingerprint density at radius 2 is 1.87 bits per heavy atom. The molecule has 154 valence electrons. The van der Waals surface area contributed by atoms with Gasteiger partial charge >= 0.3 is 0 Å². The molecule has 0 unspecified atom stereocenters. The van der Waals surface area contributed by atoms with E-state index in [-0.39, 0.29) is 16.4 Å². The van der Waals surface area contributed by atoms with E-state index in [2.05, 4.69) is 28.6 Å². The molecule has 0 aliphatic heterocycles. The smallest absolute Gasteiger partial charge is 0.270 e. The number of hydrogen-bond acceptors (Lipinski definition) is 6. The van der Waals surface area contributed by atoms with Crippen LogP contribution >= 0.6 is 23.6 Å². The van der Waals surface area contributed by atoms with Crippen molar-refractivity contribution in [3.8, 4) is 10.6 Å². The maximum absolute atomic E-state index is 12.3. The van der Waals surface area contributed by atoms with Crippen LogP contribution in [0.5, 0.6) is 0 Å². The lowest BCUT2D eigenvalue weighted by molar-refractivity contribution is -0.384. The van der Waals surface area contributed by atoms with E-state index in [0.29, 0.717) is 5.69 Å². The van der Waals surface area contributed by atoms with Crippen molar-refractivity contribution in [1.82, 2.24) is 10.3 Å². The van der Waals surface area contributed by atoms with Gasteiger partial charge in [0.2, 0.25) is 0 Å². The van der Waals surface area contributed by atoms with Gasteiger partial charge in [-0.05, 0) is 67.2 Å². The molecule has 0 spiro atoms. The number of nitro groups is 1. The van der Waals surface area contributed by atoms with Gasteiger partial charge in [-0.3, -0.25) is 20.2 Å². The zero-order valence-corrected chi connectivity index (χ0v) is 17.9. The monoisotopic (exact) mass is 448 g/mol. The molecule has 0 saturated heterocycles. The summed E-state index contributed by atoms with van der Waals surface area (Å²) < 4.78 is 1.14. The first-order valence-electron chi connectivity index (χ1n) is 9.23. The fourth-order valence-corrected chi connectivity index (χ4v) is 4.23. The lowest BCUT2D eigenvalue weighted by atomic mass is 10.2. The van der Waals surface area contributed by atoms with Crippen LogP contribution in [-0.4, -0.2) is 20.9 Å². The molecule has 0 atom stereocenters. The van der Waals surface area contributed by atoms with E-state index in [1.54, 1.807) is 11.3 Å². The molecular formula is C22H16N4O3S2. The number of thiazole rings is 1. The van der Waals surface area contributed by atoms with Gasteiger partial charge in [-0.1, -0.05) is 12.1 Å². The molecule has 0 aliphatic carbocycles. The van der Waals surface area contributed by atoms with Crippen molar-refractivity contribution in [3.05, 3.63) is 88.0 Å². The van der Waals surface area contributed by atoms with E-state index in [0.717, 1.165) is 20.8 Å². The second-order valence-corrected chi connectivity index (χ2v) is 8.22. The number of nitrogens with zero attached hydrogens (tertiary/aromatic N) is 2. The topological polar surface area (TPSA) is 97.2 Å². The highest BCUT2D eigenvalue weighted by Crippen LogP contribution is 2.31.